The molecule has 0 amide bonds. The number of epoxide rings is 1. The van der Waals surface area contributed by atoms with Gasteiger partial charge in [-0.3, -0.25) is 0 Å². The van der Waals surface area contributed by atoms with Crippen LogP contribution in [0.3, 0.4) is 0 Å². The van der Waals surface area contributed by atoms with E-state index in [-0.39, 0.29) is 6.10 Å². The molecule has 1 aliphatic rings. The monoisotopic (exact) mass is 111 g/mol. The van der Waals surface area contributed by atoms with Gasteiger partial charge in [-0.05, 0) is 13.3 Å². The van der Waals surface area contributed by atoms with Gasteiger partial charge in [-0.25, -0.2) is 0 Å². The smallest absolute Gasteiger partial charge is 0.180 e. The van der Waals surface area contributed by atoms with Crippen LogP contribution in [0.15, 0.2) is 0 Å². The molecule has 1 heterocycles. The van der Waals surface area contributed by atoms with Gasteiger partial charge in [-0.1, -0.05) is 6.92 Å². The molecule has 0 bridgehead atoms. The van der Waals surface area contributed by atoms with Crippen molar-refractivity contribution in [2.24, 2.45) is 0 Å². The summed E-state index contributed by atoms with van der Waals surface area (Å²) in [6.45, 7) is 3.89. The van der Waals surface area contributed by atoms with Crippen LogP contribution in [-0.2, 0) is 4.74 Å². The van der Waals surface area contributed by atoms with E-state index in [1.54, 1.807) is 0 Å². The maximum Gasteiger partial charge on any atom is 0.180 e. The summed E-state index contributed by atoms with van der Waals surface area (Å²) in [5.74, 6) is 0. The Bertz CT molecular complexity index is 134. The predicted octanol–water partition coefficient (Wildman–Crippen LogP) is 1.08. The molecular weight excluding hydrogens is 102 g/mol. The number of nitrogens with zero attached hydrogens (tertiary/aromatic N) is 1. The average molecular weight is 111 g/mol. The molecule has 0 radical (unpaired) electrons. The van der Waals surface area contributed by atoms with Crippen molar-refractivity contribution in [2.45, 2.75) is 32.0 Å². The quantitative estimate of drug-likeness (QED) is 0.474. The van der Waals surface area contributed by atoms with E-state index in [1.807, 2.05) is 13.8 Å². The van der Waals surface area contributed by atoms with Gasteiger partial charge >= 0.3 is 0 Å². The summed E-state index contributed by atoms with van der Waals surface area (Å²) in [5.41, 5.74) is -0.403. The van der Waals surface area contributed by atoms with E-state index in [4.69, 9.17) is 10.00 Å². The molecule has 0 saturated carbocycles. The third kappa shape index (κ3) is 0.517. The van der Waals surface area contributed by atoms with Gasteiger partial charge in [0.15, 0.2) is 5.60 Å². The van der Waals surface area contributed by atoms with Crippen LogP contribution in [0, 0.1) is 11.3 Å². The summed E-state index contributed by atoms with van der Waals surface area (Å²) < 4.78 is 5.04. The third-order valence-electron chi connectivity index (χ3n) is 1.70. The van der Waals surface area contributed by atoms with E-state index < -0.39 is 5.60 Å². The van der Waals surface area contributed by atoms with E-state index in [9.17, 15) is 0 Å². The van der Waals surface area contributed by atoms with Gasteiger partial charge in [0.25, 0.3) is 0 Å². The van der Waals surface area contributed by atoms with Gasteiger partial charge in [0.1, 0.15) is 6.07 Å². The standard InChI is InChI=1S/C6H9NO/c1-3-6(4-7)5(2)8-6/h5H,3H2,1-2H3/t5-,6+/m0/s1. The van der Waals surface area contributed by atoms with Crippen LogP contribution in [0.4, 0.5) is 0 Å². The van der Waals surface area contributed by atoms with Gasteiger partial charge in [0.2, 0.25) is 0 Å². The second-order valence-electron chi connectivity index (χ2n) is 2.11. The molecule has 2 heteroatoms. The lowest BCUT2D eigenvalue weighted by Gasteiger charge is -1.91. The number of hydrogen-bond donors (Lipinski definition) is 0. The summed E-state index contributed by atoms with van der Waals surface area (Å²) in [4.78, 5) is 0. The van der Waals surface area contributed by atoms with Crippen molar-refractivity contribution in [3.05, 3.63) is 0 Å². The van der Waals surface area contributed by atoms with Crippen molar-refractivity contribution in [3.8, 4) is 6.07 Å². The molecule has 0 unspecified atom stereocenters. The van der Waals surface area contributed by atoms with Crippen molar-refractivity contribution < 1.29 is 4.74 Å². The van der Waals surface area contributed by atoms with Gasteiger partial charge < -0.3 is 4.74 Å². The zero-order chi connectivity index (χ0) is 6.20. The van der Waals surface area contributed by atoms with Crippen LogP contribution in [0.5, 0.6) is 0 Å². The van der Waals surface area contributed by atoms with Gasteiger partial charge in [-0.2, -0.15) is 5.26 Å². The largest absolute Gasteiger partial charge is 0.350 e. The van der Waals surface area contributed by atoms with E-state index in [1.165, 1.54) is 0 Å². The van der Waals surface area contributed by atoms with Crippen LogP contribution in [0.25, 0.3) is 0 Å². The minimum atomic E-state index is -0.403. The summed E-state index contributed by atoms with van der Waals surface area (Å²) in [6, 6.07) is 2.13. The lowest BCUT2D eigenvalue weighted by atomic mass is 10.1. The molecule has 1 rings (SSSR count). The molecule has 0 aromatic rings. The zero-order valence-electron chi connectivity index (χ0n) is 5.14. The van der Waals surface area contributed by atoms with Crippen LogP contribution in [0.2, 0.25) is 0 Å². The Morgan fingerprint density at radius 1 is 1.88 bits per heavy atom. The highest BCUT2D eigenvalue weighted by atomic mass is 16.6. The molecule has 0 aromatic carbocycles. The van der Waals surface area contributed by atoms with Crippen molar-refractivity contribution >= 4 is 0 Å². The third-order valence-corrected chi connectivity index (χ3v) is 1.70. The molecule has 0 N–H and O–H groups in total. The fourth-order valence-electron chi connectivity index (χ4n) is 0.849. The summed E-state index contributed by atoms with van der Waals surface area (Å²) in [6.07, 6.45) is 0.975. The van der Waals surface area contributed by atoms with E-state index in [0.29, 0.717) is 0 Å². The molecular formula is C6H9NO. The van der Waals surface area contributed by atoms with Gasteiger partial charge in [-0.15, -0.1) is 0 Å². The molecule has 44 valence electrons. The first-order valence-electron chi connectivity index (χ1n) is 2.84. The Kier molecular flexibility index (Phi) is 1.02. The Morgan fingerprint density at radius 2 is 2.38 bits per heavy atom. The topological polar surface area (TPSA) is 36.3 Å². The van der Waals surface area contributed by atoms with Crippen molar-refractivity contribution in [1.82, 2.24) is 0 Å². The summed E-state index contributed by atoms with van der Waals surface area (Å²) in [5, 5.41) is 8.45. The van der Waals surface area contributed by atoms with Crippen LogP contribution in [0.1, 0.15) is 20.3 Å². The molecule has 0 aliphatic carbocycles. The Labute approximate surface area is 49.1 Å². The number of hydrogen-bond acceptors (Lipinski definition) is 2. The maximum atomic E-state index is 8.45. The molecule has 2 nitrogen and oxygen atoms in total. The lowest BCUT2D eigenvalue weighted by Crippen LogP contribution is -2.07. The molecule has 0 spiro atoms. The minimum absolute atomic E-state index is 0.164. The first-order chi connectivity index (χ1) is 3.75. The Hall–Kier alpha value is -0.550. The molecule has 2 atom stereocenters. The number of ether oxygens (including phenoxy) is 1. The summed E-state index contributed by atoms with van der Waals surface area (Å²) in [7, 11) is 0. The SMILES string of the molecule is CC[C@]1(C#N)O[C@H]1C. The fraction of sp³-hybridized carbons (Fsp3) is 0.833. The Balaban J connectivity index is 2.56. The van der Waals surface area contributed by atoms with Crippen LogP contribution in [-0.4, -0.2) is 11.7 Å². The highest BCUT2D eigenvalue weighted by Crippen LogP contribution is 2.37. The molecule has 8 heavy (non-hydrogen) atoms. The fourth-order valence-corrected chi connectivity index (χ4v) is 0.849. The van der Waals surface area contributed by atoms with E-state index in [0.717, 1.165) is 6.42 Å². The lowest BCUT2D eigenvalue weighted by molar-refractivity contribution is 0.334. The van der Waals surface area contributed by atoms with Crippen molar-refractivity contribution in [1.29, 1.82) is 5.26 Å². The van der Waals surface area contributed by atoms with Gasteiger partial charge in [0, 0.05) is 0 Å². The van der Waals surface area contributed by atoms with Crippen LogP contribution < -0.4 is 0 Å². The highest BCUT2D eigenvalue weighted by molar-refractivity contribution is 5.15. The molecule has 0 aromatic heterocycles. The molecule has 1 aliphatic heterocycles. The predicted molar refractivity (Wildman–Crippen MR) is 29.2 cm³/mol. The minimum Gasteiger partial charge on any atom is -0.350 e. The maximum absolute atomic E-state index is 8.45. The second-order valence-corrected chi connectivity index (χ2v) is 2.11. The average Bonchev–Trinajstić information content (AvgIpc) is 2.43. The number of rotatable bonds is 1. The van der Waals surface area contributed by atoms with Crippen LogP contribution >= 0.6 is 0 Å². The van der Waals surface area contributed by atoms with Crippen molar-refractivity contribution in [2.75, 3.05) is 0 Å². The molecule has 1 saturated heterocycles. The van der Waals surface area contributed by atoms with Crippen molar-refractivity contribution in [3.63, 3.8) is 0 Å². The Morgan fingerprint density at radius 3 is 2.38 bits per heavy atom. The normalized spacial score (nSPS) is 43.4. The zero-order valence-corrected chi connectivity index (χ0v) is 5.14. The second kappa shape index (κ2) is 1.46. The summed E-state index contributed by atoms with van der Waals surface area (Å²) >= 11 is 0. The number of nitriles is 1. The first-order valence-corrected chi connectivity index (χ1v) is 2.84. The first kappa shape index (κ1) is 5.58. The van der Waals surface area contributed by atoms with E-state index in [2.05, 4.69) is 6.07 Å². The van der Waals surface area contributed by atoms with E-state index >= 15 is 0 Å². The highest BCUT2D eigenvalue weighted by Gasteiger charge is 2.52. The molecule has 1 fully saturated rings. The van der Waals surface area contributed by atoms with Gasteiger partial charge in [0.05, 0.1) is 6.10 Å².